The molecule has 2 aromatic rings. The van der Waals surface area contributed by atoms with Gasteiger partial charge in [0.2, 0.25) is 0 Å². The normalized spacial score (nSPS) is 10.2. The number of hydrogen-bond acceptors (Lipinski definition) is 3. The minimum Gasteiger partial charge on any atom is -0.351 e. The number of nitrogens with zero attached hydrogens (tertiary/aromatic N) is 1. The van der Waals surface area contributed by atoms with Crippen LogP contribution in [0.15, 0.2) is 36.5 Å². The summed E-state index contributed by atoms with van der Waals surface area (Å²) < 4.78 is 0. The minimum atomic E-state index is -0.322. The topological polar surface area (TPSA) is 71.1 Å². The summed E-state index contributed by atoms with van der Waals surface area (Å²) in [5, 5.41) is 6.06. The number of nitrogens with one attached hydrogen (secondary N) is 2. The molecular weight excluding hydrogens is 314 g/mol. The summed E-state index contributed by atoms with van der Waals surface area (Å²) >= 11 is 6.04. The fraction of sp³-hybridized carbons (Fsp3) is 0.235. The Hall–Kier alpha value is -2.40. The Bertz CT molecular complexity index is 732. The second-order valence-electron chi connectivity index (χ2n) is 5.10. The van der Waals surface area contributed by atoms with E-state index in [2.05, 4.69) is 15.6 Å². The van der Waals surface area contributed by atoms with Crippen LogP contribution in [-0.4, -0.2) is 23.3 Å². The van der Waals surface area contributed by atoms with Crippen LogP contribution in [0.5, 0.6) is 0 Å². The largest absolute Gasteiger partial charge is 0.351 e. The van der Waals surface area contributed by atoms with Gasteiger partial charge in [0.1, 0.15) is 5.69 Å². The van der Waals surface area contributed by atoms with E-state index < -0.39 is 0 Å². The molecule has 5 nitrogen and oxygen atoms in total. The molecule has 2 amide bonds. The van der Waals surface area contributed by atoms with Gasteiger partial charge in [0, 0.05) is 29.0 Å². The first-order valence-electron chi connectivity index (χ1n) is 7.33. The number of aromatic nitrogens is 1. The maximum atomic E-state index is 12.3. The van der Waals surface area contributed by atoms with E-state index in [1.807, 2.05) is 19.9 Å². The van der Waals surface area contributed by atoms with Gasteiger partial charge in [-0.2, -0.15) is 0 Å². The van der Waals surface area contributed by atoms with E-state index in [1.54, 1.807) is 18.2 Å². The number of anilines is 1. The Balaban J connectivity index is 2.13. The highest BCUT2D eigenvalue weighted by Crippen LogP contribution is 2.20. The highest BCUT2D eigenvalue weighted by molar-refractivity contribution is 6.31. The molecule has 0 aliphatic rings. The molecule has 0 aliphatic carbocycles. The molecular formula is C17H18ClN3O2. The number of aryl methyl sites for hydroxylation is 1. The predicted octanol–water partition coefficient (Wildman–Crippen LogP) is 3.44. The number of pyridine rings is 1. The Labute approximate surface area is 140 Å². The van der Waals surface area contributed by atoms with Gasteiger partial charge in [-0.05, 0) is 43.2 Å². The average Bonchev–Trinajstić information content (AvgIpc) is 2.56. The summed E-state index contributed by atoms with van der Waals surface area (Å²) in [5.74, 6) is -0.614. The second-order valence-corrected chi connectivity index (χ2v) is 5.51. The molecule has 6 heteroatoms. The number of halogens is 1. The van der Waals surface area contributed by atoms with E-state index in [-0.39, 0.29) is 17.5 Å². The quantitative estimate of drug-likeness (QED) is 0.881. The lowest BCUT2D eigenvalue weighted by atomic mass is 10.2. The minimum absolute atomic E-state index is 0.216. The van der Waals surface area contributed by atoms with Crippen LogP contribution in [-0.2, 0) is 0 Å². The van der Waals surface area contributed by atoms with Crippen molar-refractivity contribution < 1.29 is 9.59 Å². The zero-order valence-corrected chi connectivity index (χ0v) is 13.8. The van der Waals surface area contributed by atoms with Gasteiger partial charge in [-0.15, -0.1) is 0 Å². The SMILES string of the molecule is CCCNC(=O)c1cc(C(=O)Nc2ccc(C)c(Cl)c2)ccn1. The van der Waals surface area contributed by atoms with Gasteiger partial charge in [-0.1, -0.05) is 24.6 Å². The molecule has 23 heavy (non-hydrogen) atoms. The van der Waals surface area contributed by atoms with E-state index in [4.69, 9.17) is 11.6 Å². The van der Waals surface area contributed by atoms with E-state index in [9.17, 15) is 9.59 Å². The van der Waals surface area contributed by atoms with Crippen LogP contribution in [0.2, 0.25) is 5.02 Å². The molecule has 1 aromatic heterocycles. The molecule has 0 radical (unpaired) electrons. The van der Waals surface area contributed by atoms with Gasteiger partial charge in [-0.3, -0.25) is 14.6 Å². The third-order valence-electron chi connectivity index (χ3n) is 3.22. The van der Waals surface area contributed by atoms with Gasteiger partial charge in [0.15, 0.2) is 0 Å². The lowest BCUT2D eigenvalue weighted by Crippen LogP contribution is -2.25. The standard InChI is InChI=1S/C17H18ClN3O2/c1-3-7-20-17(23)15-9-12(6-8-19-15)16(22)21-13-5-4-11(2)14(18)10-13/h4-6,8-10H,3,7H2,1-2H3,(H,20,23)(H,21,22). The highest BCUT2D eigenvalue weighted by atomic mass is 35.5. The average molecular weight is 332 g/mol. The summed E-state index contributed by atoms with van der Waals surface area (Å²) in [7, 11) is 0. The smallest absolute Gasteiger partial charge is 0.269 e. The molecule has 0 saturated carbocycles. The van der Waals surface area contributed by atoms with Crippen molar-refractivity contribution in [2.24, 2.45) is 0 Å². The van der Waals surface area contributed by atoms with Crippen molar-refractivity contribution in [3.63, 3.8) is 0 Å². The van der Waals surface area contributed by atoms with Crippen LogP contribution in [0.4, 0.5) is 5.69 Å². The number of hydrogen-bond donors (Lipinski definition) is 2. The monoisotopic (exact) mass is 331 g/mol. The molecule has 2 N–H and O–H groups in total. The number of amides is 2. The Morgan fingerprint density at radius 3 is 2.65 bits per heavy atom. The van der Waals surface area contributed by atoms with Crippen molar-refractivity contribution in [1.82, 2.24) is 10.3 Å². The van der Waals surface area contributed by atoms with Gasteiger partial charge in [-0.25, -0.2) is 0 Å². The first-order valence-corrected chi connectivity index (χ1v) is 7.71. The zero-order valence-electron chi connectivity index (χ0n) is 13.0. The summed E-state index contributed by atoms with van der Waals surface area (Å²) in [6.07, 6.45) is 2.28. The van der Waals surface area contributed by atoms with Crippen LogP contribution in [0, 0.1) is 6.92 Å². The third kappa shape index (κ3) is 4.53. The highest BCUT2D eigenvalue weighted by Gasteiger charge is 2.12. The van der Waals surface area contributed by atoms with Crippen molar-refractivity contribution in [2.75, 3.05) is 11.9 Å². The van der Waals surface area contributed by atoms with Crippen LogP contribution >= 0.6 is 11.6 Å². The van der Waals surface area contributed by atoms with Gasteiger partial charge in [0.25, 0.3) is 11.8 Å². The maximum absolute atomic E-state index is 12.3. The Morgan fingerprint density at radius 1 is 1.17 bits per heavy atom. The third-order valence-corrected chi connectivity index (χ3v) is 3.63. The Kier molecular flexibility index (Phi) is 5.71. The predicted molar refractivity (Wildman–Crippen MR) is 91.0 cm³/mol. The van der Waals surface area contributed by atoms with Crippen molar-refractivity contribution >= 4 is 29.1 Å². The zero-order chi connectivity index (χ0) is 16.8. The summed E-state index contributed by atoms with van der Waals surface area (Å²) in [5.41, 5.74) is 2.11. The van der Waals surface area contributed by atoms with Crippen molar-refractivity contribution in [3.8, 4) is 0 Å². The van der Waals surface area contributed by atoms with Crippen molar-refractivity contribution in [2.45, 2.75) is 20.3 Å². The van der Waals surface area contributed by atoms with E-state index in [0.717, 1.165) is 12.0 Å². The van der Waals surface area contributed by atoms with Gasteiger partial charge in [0.05, 0.1) is 0 Å². The van der Waals surface area contributed by atoms with Gasteiger partial charge < -0.3 is 10.6 Å². The first-order chi connectivity index (χ1) is 11.0. The van der Waals surface area contributed by atoms with Crippen molar-refractivity contribution in [1.29, 1.82) is 0 Å². The maximum Gasteiger partial charge on any atom is 0.269 e. The molecule has 120 valence electrons. The molecule has 0 saturated heterocycles. The fourth-order valence-corrected chi connectivity index (χ4v) is 2.08. The van der Waals surface area contributed by atoms with Gasteiger partial charge >= 0.3 is 0 Å². The summed E-state index contributed by atoms with van der Waals surface area (Å²) in [6.45, 7) is 4.42. The molecule has 0 aliphatic heterocycles. The molecule has 2 rings (SSSR count). The fourth-order valence-electron chi connectivity index (χ4n) is 1.90. The van der Waals surface area contributed by atoms with E-state index in [0.29, 0.717) is 22.8 Å². The van der Waals surface area contributed by atoms with Crippen LogP contribution in [0.3, 0.4) is 0 Å². The van der Waals surface area contributed by atoms with E-state index >= 15 is 0 Å². The lowest BCUT2D eigenvalue weighted by Gasteiger charge is -2.08. The Morgan fingerprint density at radius 2 is 1.96 bits per heavy atom. The molecule has 0 spiro atoms. The first kappa shape index (κ1) is 17.0. The molecule has 0 fully saturated rings. The lowest BCUT2D eigenvalue weighted by molar-refractivity contribution is 0.0948. The number of rotatable bonds is 5. The number of carbonyl (C=O) groups is 2. The van der Waals surface area contributed by atoms with E-state index in [1.165, 1.54) is 12.3 Å². The molecule has 0 unspecified atom stereocenters. The molecule has 0 bridgehead atoms. The summed E-state index contributed by atoms with van der Waals surface area (Å²) in [6, 6.07) is 8.31. The number of benzene rings is 1. The second kappa shape index (κ2) is 7.74. The van der Waals surface area contributed by atoms with Crippen LogP contribution in [0.1, 0.15) is 39.8 Å². The molecule has 1 heterocycles. The molecule has 1 aromatic carbocycles. The van der Waals surface area contributed by atoms with Crippen LogP contribution in [0.25, 0.3) is 0 Å². The number of carbonyl (C=O) groups excluding carboxylic acids is 2. The van der Waals surface area contributed by atoms with Crippen LogP contribution < -0.4 is 10.6 Å². The molecule has 0 atom stereocenters. The summed E-state index contributed by atoms with van der Waals surface area (Å²) in [4.78, 5) is 28.2. The van der Waals surface area contributed by atoms with Crippen molar-refractivity contribution in [3.05, 3.63) is 58.4 Å².